The van der Waals surface area contributed by atoms with Crippen molar-refractivity contribution in [3.8, 4) is 11.8 Å². The van der Waals surface area contributed by atoms with Crippen molar-refractivity contribution in [1.29, 1.82) is 0 Å². The molecule has 1 aromatic heterocycles. The van der Waals surface area contributed by atoms with Crippen LogP contribution in [0, 0.1) is 11.8 Å². The number of benzene rings is 2. The zero-order chi connectivity index (χ0) is 20.1. The Labute approximate surface area is 157 Å². The lowest BCUT2D eigenvalue weighted by Crippen LogP contribution is -2.32. The van der Waals surface area contributed by atoms with E-state index < -0.39 is 23.2 Å². The summed E-state index contributed by atoms with van der Waals surface area (Å²) in [6, 6.07) is 11.5. The van der Waals surface area contributed by atoms with Gasteiger partial charge in [-0.25, -0.2) is 4.98 Å². The Morgan fingerprint density at radius 1 is 1.14 bits per heavy atom. The minimum Gasteiger partial charge on any atom is -0.344 e. The molecular formula is C20H14F3N3O2. The van der Waals surface area contributed by atoms with Gasteiger partial charge in [0.1, 0.15) is 6.54 Å². The van der Waals surface area contributed by atoms with Crippen LogP contribution >= 0.6 is 0 Å². The van der Waals surface area contributed by atoms with Gasteiger partial charge in [-0.05, 0) is 30.3 Å². The van der Waals surface area contributed by atoms with Gasteiger partial charge in [0.05, 0.1) is 29.3 Å². The van der Waals surface area contributed by atoms with Gasteiger partial charge in [-0.3, -0.25) is 14.2 Å². The van der Waals surface area contributed by atoms with Crippen LogP contribution in [0.3, 0.4) is 0 Å². The Morgan fingerprint density at radius 3 is 2.71 bits per heavy atom. The van der Waals surface area contributed by atoms with Gasteiger partial charge in [0.2, 0.25) is 5.91 Å². The van der Waals surface area contributed by atoms with Gasteiger partial charge in [-0.2, -0.15) is 13.2 Å². The highest BCUT2D eigenvalue weighted by atomic mass is 19.4. The molecule has 0 atom stereocenters. The number of alkyl halides is 3. The second kappa shape index (κ2) is 7.96. The van der Waals surface area contributed by atoms with Crippen LogP contribution in [0.1, 0.15) is 11.1 Å². The van der Waals surface area contributed by atoms with Gasteiger partial charge in [0, 0.05) is 5.56 Å². The smallest absolute Gasteiger partial charge is 0.344 e. The zero-order valence-corrected chi connectivity index (χ0v) is 14.5. The number of rotatable bonds is 3. The Hall–Kier alpha value is -3.60. The largest absolute Gasteiger partial charge is 0.416 e. The molecule has 0 spiro atoms. The van der Waals surface area contributed by atoms with Gasteiger partial charge in [0.25, 0.3) is 5.56 Å². The molecule has 0 fully saturated rings. The first kappa shape index (κ1) is 19.2. The third-order valence-electron chi connectivity index (χ3n) is 3.85. The maximum atomic E-state index is 12.7. The van der Waals surface area contributed by atoms with Crippen molar-refractivity contribution in [1.82, 2.24) is 14.9 Å². The molecule has 0 aliphatic heterocycles. The number of aromatic nitrogens is 2. The molecule has 0 aliphatic carbocycles. The van der Waals surface area contributed by atoms with Gasteiger partial charge in [0.15, 0.2) is 0 Å². The number of hydrogen-bond acceptors (Lipinski definition) is 3. The van der Waals surface area contributed by atoms with E-state index in [1.165, 1.54) is 16.7 Å². The summed E-state index contributed by atoms with van der Waals surface area (Å²) in [6.45, 7) is -0.278. The number of para-hydroxylation sites is 2. The van der Waals surface area contributed by atoms with Crippen LogP contribution in [0.2, 0.25) is 0 Å². The van der Waals surface area contributed by atoms with Crippen LogP contribution in [0.15, 0.2) is 59.5 Å². The van der Waals surface area contributed by atoms with Crippen molar-refractivity contribution in [2.24, 2.45) is 0 Å². The molecule has 8 heteroatoms. The third kappa shape index (κ3) is 4.57. The number of carbonyl (C=O) groups excluding carboxylic acids is 1. The van der Waals surface area contributed by atoms with Crippen molar-refractivity contribution >= 4 is 16.9 Å². The summed E-state index contributed by atoms with van der Waals surface area (Å²) >= 11 is 0. The maximum absolute atomic E-state index is 12.7. The summed E-state index contributed by atoms with van der Waals surface area (Å²) < 4.78 is 39.3. The number of carbonyl (C=O) groups is 1. The molecule has 3 aromatic rings. The Kier molecular flexibility index (Phi) is 5.45. The van der Waals surface area contributed by atoms with Gasteiger partial charge in [-0.1, -0.05) is 30.0 Å². The number of nitrogens with one attached hydrogen (secondary N) is 1. The Morgan fingerprint density at radius 2 is 1.93 bits per heavy atom. The summed E-state index contributed by atoms with van der Waals surface area (Å²) in [5.41, 5.74) is 0.107. The van der Waals surface area contributed by atoms with E-state index >= 15 is 0 Å². The van der Waals surface area contributed by atoms with Crippen LogP contribution in [0.5, 0.6) is 0 Å². The van der Waals surface area contributed by atoms with Gasteiger partial charge in [-0.15, -0.1) is 0 Å². The predicted octanol–water partition coefficient (Wildman–Crippen LogP) is 2.58. The number of halogens is 3. The maximum Gasteiger partial charge on any atom is 0.416 e. The fourth-order valence-electron chi connectivity index (χ4n) is 2.54. The van der Waals surface area contributed by atoms with Crippen molar-refractivity contribution in [3.05, 3.63) is 76.2 Å². The van der Waals surface area contributed by atoms with Crippen LogP contribution in [0.25, 0.3) is 11.0 Å². The molecular weight excluding hydrogens is 371 g/mol. The van der Waals surface area contributed by atoms with Crippen molar-refractivity contribution < 1.29 is 18.0 Å². The first-order chi connectivity index (χ1) is 13.3. The van der Waals surface area contributed by atoms with E-state index in [2.05, 4.69) is 22.1 Å². The second-order valence-electron chi connectivity index (χ2n) is 5.83. The lowest BCUT2D eigenvalue weighted by molar-refractivity contribution is -0.137. The van der Waals surface area contributed by atoms with E-state index in [0.29, 0.717) is 11.0 Å². The molecule has 0 unspecified atom stereocenters. The molecule has 1 amide bonds. The molecule has 0 bridgehead atoms. The number of hydrogen-bond donors (Lipinski definition) is 1. The Bertz CT molecular complexity index is 1140. The molecule has 0 radical (unpaired) electrons. The topological polar surface area (TPSA) is 64.0 Å². The van der Waals surface area contributed by atoms with E-state index in [-0.39, 0.29) is 18.7 Å². The SMILES string of the molecule is O=C(Cn1c(=O)cnc2ccccc21)NCC#Cc1cccc(C(F)(F)F)c1. The lowest BCUT2D eigenvalue weighted by atomic mass is 10.1. The van der Waals surface area contributed by atoms with E-state index in [1.54, 1.807) is 24.3 Å². The van der Waals surface area contributed by atoms with Crippen molar-refractivity contribution in [3.63, 3.8) is 0 Å². The summed E-state index contributed by atoms with van der Waals surface area (Å²) in [7, 11) is 0. The molecule has 5 nitrogen and oxygen atoms in total. The summed E-state index contributed by atoms with van der Waals surface area (Å²) in [6.07, 6.45) is -3.30. The fraction of sp³-hybridized carbons (Fsp3) is 0.150. The highest BCUT2D eigenvalue weighted by Gasteiger charge is 2.30. The molecule has 1 heterocycles. The van der Waals surface area contributed by atoms with E-state index in [4.69, 9.17) is 0 Å². The first-order valence-corrected chi connectivity index (χ1v) is 8.22. The number of amides is 1. The van der Waals surface area contributed by atoms with E-state index in [9.17, 15) is 22.8 Å². The molecule has 0 saturated heterocycles. The van der Waals surface area contributed by atoms with Gasteiger partial charge >= 0.3 is 6.18 Å². The average molecular weight is 385 g/mol. The molecule has 3 rings (SSSR count). The second-order valence-corrected chi connectivity index (χ2v) is 5.83. The minimum atomic E-state index is -4.44. The quantitative estimate of drug-likeness (QED) is 0.705. The summed E-state index contributed by atoms with van der Waals surface area (Å²) in [5.74, 6) is 4.73. The number of fused-ring (bicyclic) bond motifs is 1. The molecule has 0 aliphatic rings. The molecule has 2 aromatic carbocycles. The average Bonchev–Trinajstić information content (AvgIpc) is 2.67. The van der Waals surface area contributed by atoms with E-state index in [1.807, 2.05) is 0 Å². The highest BCUT2D eigenvalue weighted by molar-refractivity contribution is 5.80. The zero-order valence-electron chi connectivity index (χ0n) is 14.5. The summed E-state index contributed by atoms with van der Waals surface area (Å²) in [5, 5.41) is 2.52. The first-order valence-electron chi connectivity index (χ1n) is 8.22. The normalized spacial score (nSPS) is 11.0. The predicted molar refractivity (Wildman–Crippen MR) is 97.3 cm³/mol. The lowest BCUT2D eigenvalue weighted by Gasteiger charge is -2.08. The molecule has 0 saturated carbocycles. The van der Waals surface area contributed by atoms with Crippen LogP contribution in [-0.4, -0.2) is 22.0 Å². The monoisotopic (exact) mass is 385 g/mol. The minimum absolute atomic E-state index is 0.0627. The van der Waals surface area contributed by atoms with Crippen LogP contribution < -0.4 is 10.9 Å². The van der Waals surface area contributed by atoms with Crippen molar-refractivity contribution in [2.45, 2.75) is 12.7 Å². The summed E-state index contributed by atoms with van der Waals surface area (Å²) in [4.78, 5) is 28.1. The molecule has 142 valence electrons. The fourth-order valence-corrected chi connectivity index (χ4v) is 2.54. The number of nitrogens with zero attached hydrogens (tertiary/aromatic N) is 2. The Balaban J connectivity index is 1.65. The van der Waals surface area contributed by atoms with Crippen molar-refractivity contribution in [2.75, 3.05) is 6.54 Å². The molecule has 1 N–H and O–H groups in total. The van der Waals surface area contributed by atoms with E-state index in [0.717, 1.165) is 18.3 Å². The van der Waals surface area contributed by atoms with Crippen LogP contribution in [-0.2, 0) is 17.5 Å². The van der Waals surface area contributed by atoms with Crippen LogP contribution in [0.4, 0.5) is 13.2 Å². The standard InChI is InChI=1S/C20H14F3N3O2/c21-20(22,23)15-7-3-5-14(11-15)6-4-10-24-18(27)13-26-17-9-2-1-8-16(17)25-12-19(26)28/h1-3,5,7-9,11-12H,10,13H2,(H,24,27). The molecule has 28 heavy (non-hydrogen) atoms. The third-order valence-corrected chi connectivity index (χ3v) is 3.85. The van der Waals surface area contributed by atoms with Gasteiger partial charge < -0.3 is 5.32 Å². The highest BCUT2D eigenvalue weighted by Crippen LogP contribution is 2.29.